The maximum absolute atomic E-state index is 11.3. The Balaban J connectivity index is 1.88. The largest absolute Gasteiger partial charge is 0.299 e. The zero-order chi connectivity index (χ0) is 10.1. The van der Waals surface area contributed by atoms with E-state index in [-0.39, 0.29) is 17.9 Å². The van der Waals surface area contributed by atoms with E-state index in [1.807, 2.05) is 0 Å². The highest BCUT2D eigenvalue weighted by atomic mass is 16.2. The lowest BCUT2D eigenvalue weighted by Gasteiger charge is -2.42. The van der Waals surface area contributed by atoms with Crippen molar-refractivity contribution in [3.05, 3.63) is 12.2 Å². The molecule has 0 aromatic carbocycles. The second kappa shape index (κ2) is 3.53. The molecule has 0 radical (unpaired) electrons. The minimum absolute atomic E-state index is 0.108. The first-order valence-electron chi connectivity index (χ1n) is 5.00. The number of nitrogens with zero attached hydrogens (tertiary/aromatic N) is 2. The summed E-state index contributed by atoms with van der Waals surface area (Å²) < 4.78 is 0. The smallest absolute Gasteiger partial charge is 0.253 e. The number of likely N-dealkylation sites (tertiary alicyclic amines) is 1. The summed E-state index contributed by atoms with van der Waals surface area (Å²) in [5.74, 6) is -0.313. The Morgan fingerprint density at radius 1 is 1.29 bits per heavy atom. The van der Waals surface area contributed by atoms with Crippen LogP contribution >= 0.6 is 0 Å². The molecule has 0 spiro atoms. The fourth-order valence-corrected chi connectivity index (χ4v) is 1.98. The van der Waals surface area contributed by atoms with Crippen molar-refractivity contribution in [2.24, 2.45) is 0 Å². The maximum Gasteiger partial charge on any atom is 0.253 e. The molecule has 2 aliphatic heterocycles. The highest BCUT2D eigenvalue weighted by molar-refractivity contribution is 6.13. The van der Waals surface area contributed by atoms with Crippen molar-refractivity contribution < 1.29 is 9.59 Å². The van der Waals surface area contributed by atoms with E-state index in [0.29, 0.717) is 0 Å². The van der Waals surface area contributed by atoms with Crippen LogP contribution in [0, 0.1) is 0 Å². The zero-order valence-corrected chi connectivity index (χ0v) is 8.27. The number of imide groups is 1. The molecule has 2 amide bonds. The van der Waals surface area contributed by atoms with Gasteiger partial charge >= 0.3 is 0 Å². The molecule has 2 rings (SSSR count). The Labute approximate surface area is 83.2 Å². The third kappa shape index (κ3) is 1.46. The minimum Gasteiger partial charge on any atom is -0.299 e. The molecule has 4 heteroatoms. The highest BCUT2D eigenvalue weighted by Gasteiger charge is 2.38. The average Bonchev–Trinajstić information content (AvgIpc) is 2.40. The minimum atomic E-state index is -0.156. The fourth-order valence-electron chi connectivity index (χ4n) is 1.98. The van der Waals surface area contributed by atoms with Crippen LogP contribution in [0.2, 0.25) is 0 Å². The van der Waals surface area contributed by atoms with Crippen molar-refractivity contribution in [2.75, 3.05) is 19.6 Å². The average molecular weight is 194 g/mol. The number of carbonyl (C=O) groups excluding carboxylic acids is 2. The molecule has 14 heavy (non-hydrogen) atoms. The molecule has 0 unspecified atom stereocenters. The van der Waals surface area contributed by atoms with Gasteiger partial charge in [0.05, 0.1) is 6.04 Å². The van der Waals surface area contributed by atoms with Gasteiger partial charge in [-0.2, -0.15) is 0 Å². The van der Waals surface area contributed by atoms with E-state index in [0.717, 1.165) is 26.1 Å². The van der Waals surface area contributed by atoms with E-state index in [2.05, 4.69) is 11.8 Å². The zero-order valence-electron chi connectivity index (χ0n) is 8.27. The van der Waals surface area contributed by atoms with Crippen LogP contribution in [-0.2, 0) is 9.59 Å². The number of hydrogen-bond donors (Lipinski definition) is 0. The summed E-state index contributed by atoms with van der Waals surface area (Å²) in [4.78, 5) is 26.2. The Bertz CT molecular complexity index is 274. The van der Waals surface area contributed by atoms with Crippen LogP contribution in [0.4, 0.5) is 0 Å². The van der Waals surface area contributed by atoms with Crippen molar-refractivity contribution in [3.63, 3.8) is 0 Å². The van der Waals surface area contributed by atoms with Gasteiger partial charge < -0.3 is 0 Å². The molecular formula is C10H14N2O2. The second-order valence-corrected chi connectivity index (χ2v) is 3.79. The molecule has 76 valence electrons. The van der Waals surface area contributed by atoms with Crippen molar-refractivity contribution >= 4 is 11.8 Å². The van der Waals surface area contributed by atoms with E-state index in [1.165, 1.54) is 17.1 Å². The molecule has 0 N–H and O–H groups in total. The first-order valence-corrected chi connectivity index (χ1v) is 5.00. The topological polar surface area (TPSA) is 40.6 Å². The van der Waals surface area contributed by atoms with Gasteiger partial charge in [-0.05, 0) is 13.0 Å². The van der Waals surface area contributed by atoms with Gasteiger partial charge in [0, 0.05) is 25.2 Å². The maximum atomic E-state index is 11.3. The number of carbonyl (C=O) groups is 2. The molecule has 0 aromatic rings. The van der Waals surface area contributed by atoms with Crippen LogP contribution in [0.3, 0.4) is 0 Å². The third-order valence-electron chi connectivity index (χ3n) is 2.69. The molecule has 2 aliphatic rings. The number of rotatable bonds is 3. The lowest BCUT2D eigenvalue weighted by Crippen LogP contribution is -2.60. The fraction of sp³-hybridized carbons (Fsp3) is 0.600. The first-order chi connectivity index (χ1) is 6.72. The lowest BCUT2D eigenvalue weighted by molar-refractivity contribution is -0.143. The van der Waals surface area contributed by atoms with Crippen molar-refractivity contribution in [3.8, 4) is 0 Å². The van der Waals surface area contributed by atoms with E-state index in [9.17, 15) is 9.59 Å². The molecule has 1 saturated heterocycles. The Hall–Kier alpha value is -1.16. The third-order valence-corrected chi connectivity index (χ3v) is 2.69. The van der Waals surface area contributed by atoms with Crippen molar-refractivity contribution in [1.82, 2.24) is 9.80 Å². The number of amides is 2. The Morgan fingerprint density at radius 2 is 1.86 bits per heavy atom. The molecule has 0 aromatic heterocycles. The van der Waals surface area contributed by atoms with Crippen LogP contribution in [-0.4, -0.2) is 47.3 Å². The van der Waals surface area contributed by atoms with E-state index < -0.39 is 0 Å². The molecule has 0 atom stereocenters. The van der Waals surface area contributed by atoms with Gasteiger partial charge in [0.1, 0.15) is 0 Å². The summed E-state index contributed by atoms with van der Waals surface area (Å²) in [6.07, 6.45) is 3.82. The highest BCUT2D eigenvalue weighted by Crippen LogP contribution is 2.18. The van der Waals surface area contributed by atoms with Crippen molar-refractivity contribution in [2.45, 2.75) is 19.4 Å². The second-order valence-electron chi connectivity index (χ2n) is 3.79. The number of hydrogen-bond acceptors (Lipinski definition) is 3. The monoisotopic (exact) mass is 194 g/mol. The van der Waals surface area contributed by atoms with Crippen LogP contribution < -0.4 is 0 Å². The summed E-state index contributed by atoms with van der Waals surface area (Å²) in [7, 11) is 0. The predicted molar refractivity (Wildman–Crippen MR) is 51.5 cm³/mol. The summed E-state index contributed by atoms with van der Waals surface area (Å²) in [5, 5.41) is 0. The van der Waals surface area contributed by atoms with Gasteiger partial charge in [0.15, 0.2) is 0 Å². The molecule has 0 bridgehead atoms. The molecular weight excluding hydrogens is 180 g/mol. The molecule has 1 fully saturated rings. The normalized spacial score (nSPS) is 23.4. The predicted octanol–water partition coefficient (Wildman–Crippen LogP) is 0.00560. The summed E-state index contributed by atoms with van der Waals surface area (Å²) in [6.45, 7) is 4.86. The SMILES string of the molecule is CCCN1CC(N2C(=O)C=CC2=O)C1. The van der Waals surface area contributed by atoms with E-state index >= 15 is 0 Å². The van der Waals surface area contributed by atoms with Crippen molar-refractivity contribution in [1.29, 1.82) is 0 Å². The Kier molecular flexibility index (Phi) is 2.37. The first kappa shape index (κ1) is 9.40. The quantitative estimate of drug-likeness (QED) is 0.594. The van der Waals surface area contributed by atoms with Crippen LogP contribution in [0.15, 0.2) is 12.2 Å². The lowest BCUT2D eigenvalue weighted by atomic mass is 10.1. The van der Waals surface area contributed by atoms with E-state index in [4.69, 9.17) is 0 Å². The van der Waals surface area contributed by atoms with Gasteiger partial charge in [-0.25, -0.2) is 0 Å². The summed E-state index contributed by atoms with van der Waals surface area (Å²) in [6, 6.07) is 0.108. The molecule has 0 aliphatic carbocycles. The van der Waals surface area contributed by atoms with Gasteiger partial charge in [-0.1, -0.05) is 6.92 Å². The summed E-state index contributed by atoms with van der Waals surface area (Å²) in [5.41, 5.74) is 0. The molecule has 0 saturated carbocycles. The van der Waals surface area contributed by atoms with Gasteiger partial charge in [-0.15, -0.1) is 0 Å². The standard InChI is InChI=1S/C10H14N2O2/c1-2-5-11-6-8(7-11)12-9(13)3-4-10(12)14/h3-4,8H,2,5-7H2,1H3. The van der Waals surface area contributed by atoms with Crippen LogP contribution in [0.25, 0.3) is 0 Å². The van der Waals surface area contributed by atoms with Gasteiger partial charge in [0.25, 0.3) is 11.8 Å². The molecule has 4 nitrogen and oxygen atoms in total. The van der Waals surface area contributed by atoms with E-state index in [1.54, 1.807) is 0 Å². The summed E-state index contributed by atoms with van der Waals surface area (Å²) >= 11 is 0. The van der Waals surface area contributed by atoms with Gasteiger partial charge in [0.2, 0.25) is 0 Å². The molecule has 2 heterocycles. The van der Waals surface area contributed by atoms with Crippen LogP contribution in [0.5, 0.6) is 0 Å². The van der Waals surface area contributed by atoms with Gasteiger partial charge in [-0.3, -0.25) is 19.4 Å². The van der Waals surface area contributed by atoms with Crippen LogP contribution in [0.1, 0.15) is 13.3 Å². The Morgan fingerprint density at radius 3 is 2.36 bits per heavy atom.